The van der Waals surface area contributed by atoms with Crippen LogP contribution in [0.15, 0.2) is 23.8 Å². The van der Waals surface area contributed by atoms with Gasteiger partial charge in [0.1, 0.15) is 22.8 Å². The first-order valence-corrected chi connectivity index (χ1v) is 9.52. The minimum Gasteiger partial charge on any atom is -0.444 e. The molecule has 2 aliphatic carbocycles. The Morgan fingerprint density at radius 3 is 2.48 bits per heavy atom. The summed E-state index contributed by atoms with van der Waals surface area (Å²) in [7, 11) is 0. The van der Waals surface area contributed by atoms with E-state index in [1.807, 2.05) is 0 Å². The zero-order valence-corrected chi connectivity index (χ0v) is 16.4. The van der Waals surface area contributed by atoms with E-state index in [9.17, 15) is 18.4 Å². The predicted octanol–water partition coefficient (Wildman–Crippen LogP) is 4.15. The number of amides is 2. The second-order valence-corrected chi connectivity index (χ2v) is 9.13. The smallest absolute Gasteiger partial charge is 0.411 e. The predicted molar refractivity (Wildman–Crippen MR) is 97.2 cm³/mol. The maximum Gasteiger partial charge on any atom is 0.411 e. The van der Waals surface area contributed by atoms with E-state index in [4.69, 9.17) is 4.74 Å². The van der Waals surface area contributed by atoms with Gasteiger partial charge in [0.2, 0.25) is 5.91 Å². The Kier molecular flexibility index (Phi) is 4.85. The quantitative estimate of drug-likeness (QED) is 0.741. The van der Waals surface area contributed by atoms with Gasteiger partial charge in [-0.2, -0.15) is 0 Å². The summed E-state index contributed by atoms with van der Waals surface area (Å²) in [5.41, 5.74) is -2.62. The molecule has 0 radical (unpaired) electrons. The lowest BCUT2D eigenvalue weighted by Gasteiger charge is -2.52. The van der Waals surface area contributed by atoms with Gasteiger partial charge in [-0.05, 0) is 46.6 Å². The molecule has 150 valence electrons. The molecule has 3 aliphatic rings. The second-order valence-electron chi connectivity index (χ2n) is 9.13. The molecular weight excluding hydrogens is 354 g/mol. The maximum atomic E-state index is 13.8. The molecule has 0 aromatic carbocycles. The molecule has 0 bridgehead atoms. The highest BCUT2D eigenvalue weighted by atomic mass is 19.1. The Balaban J connectivity index is 1.94. The molecule has 1 aliphatic heterocycles. The van der Waals surface area contributed by atoms with Crippen molar-refractivity contribution in [2.45, 2.75) is 76.5 Å². The fraction of sp³-hybridized carbons (Fsp3) is 0.700. The van der Waals surface area contributed by atoms with E-state index in [0.717, 1.165) is 18.9 Å². The zero-order chi connectivity index (χ0) is 20.0. The Bertz CT molecular complexity index is 705. The van der Waals surface area contributed by atoms with E-state index in [2.05, 4.69) is 5.32 Å². The van der Waals surface area contributed by atoms with Gasteiger partial charge in [-0.15, -0.1) is 0 Å². The van der Waals surface area contributed by atoms with Crippen LogP contribution < -0.4 is 5.32 Å². The second kappa shape index (κ2) is 6.60. The lowest BCUT2D eigenvalue weighted by Crippen LogP contribution is -2.74. The van der Waals surface area contributed by atoms with Crippen molar-refractivity contribution in [3.05, 3.63) is 23.8 Å². The summed E-state index contributed by atoms with van der Waals surface area (Å²) in [6.45, 7) is 7.20. The number of rotatable bonds is 1. The van der Waals surface area contributed by atoms with E-state index in [-0.39, 0.29) is 18.9 Å². The molecule has 2 fully saturated rings. The van der Waals surface area contributed by atoms with Gasteiger partial charge < -0.3 is 10.1 Å². The highest BCUT2D eigenvalue weighted by Crippen LogP contribution is 2.43. The largest absolute Gasteiger partial charge is 0.444 e. The minimum absolute atomic E-state index is 0.0145. The third kappa shape index (κ3) is 3.73. The molecule has 1 saturated carbocycles. The Morgan fingerprint density at radius 2 is 1.93 bits per heavy atom. The molecule has 1 spiro atoms. The van der Waals surface area contributed by atoms with Crippen LogP contribution in [0.2, 0.25) is 0 Å². The van der Waals surface area contributed by atoms with E-state index in [1.54, 1.807) is 27.7 Å². The summed E-state index contributed by atoms with van der Waals surface area (Å²) in [5, 5.41) is 2.99. The van der Waals surface area contributed by atoms with Crippen molar-refractivity contribution in [3.63, 3.8) is 0 Å². The fourth-order valence-electron chi connectivity index (χ4n) is 4.37. The monoisotopic (exact) mass is 382 g/mol. The van der Waals surface area contributed by atoms with Crippen molar-refractivity contribution in [2.24, 2.45) is 5.92 Å². The van der Waals surface area contributed by atoms with Gasteiger partial charge in [-0.1, -0.05) is 12.8 Å². The Labute approximate surface area is 158 Å². The molecule has 0 aromatic heterocycles. The third-order valence-corrected chi connectivity index (χ3v) is 5.76. The van der Waals surface area contributed by atoms with Crippen LogP contribution >= 0.6 is 0 Å². The van der Waals surface area contributed by atoms with Gasteiger partial charge in [0.15, 0.2) is 0 Å². The van der Waals surface area contributed by atoms with Crippen LogP contribution in [0.25, 0.3) is 0 Å². The summed E-state index contributed by atoms with van der Waals surface area (Å²) in [4.78, 5) is 27.6. The molecule has 2 atom stereocenters. The Morgan fingerprint density at radius 1 is 1.30 bits per heavy atom. The molecule has 2 amide bonds. The lowest BCUT2D eigenvalue weighted by atomic mass is 9.76. The van der Waals surface area contributed by atoms with E-state index < -0.39 is 40.3 Å². The van der Waals surface area contributed by atoms with Gasteiger partial charge in [-0.25, -0.2) is 13.6 Å². The van der Waals surface area contributed by atoms with Crippen LogP contribution in [0, 0.1) is 5.92 Å². The first-order chi connectivity index (χ1) is 12.5. The number of allylic oxidation sites excluding steroid dienone is 3. The molecule has 1 unspecified atom stereocenters. The zero-order valence-electron chi connectivity index (χ0n) is 16.4. The van der Waals surface area contributed by atoms with Crippen LogP contribution in [-0.4, -0.2) is 40.1 Å². The first-order valence-electron chi connectivity index (χ1n) is 9.52. The highest BCUT2D eigenvalue weighted by molar-refractivity contribution is 5.92. The average molecular weight is 382 g/mol. The van der Waals surface area contributed by atoms with Crippen molar-refractivity contribution in [1.82, 2.24) is 10.2 Å². The summed E-state index contributed by atoms with van der Waals surface area (Å²) in [6.07, 6.45) is 4.44. The average Bonchev–Trinajstić information content (AvgIpc) is 2.99. The molecule has 5 nitrogen and oxygen atoms in total. The highest BCUT2D eigenvalue weighted by Gasteiger charge is 2.57. The van der Waals surface area contributed by atoms with Gasteiger partial charge in [0.25, 0.3) is 0 Å². The van der Waals surface area contributed by atoms with E-state index >= 15 is 0 Å². The molecule has 0 aromatic rings. The SMILES string of the molecule is CC(C)(C)OC(=O)N1C[C@@](C)(C2C=C(F)C=C(F)C2)NC(=O)C12CCCC2. The van der Waals surface area contributed by atoms with Gasteiger partial charge >= 0.3 is 6.09 Å². The molecular formula is C20H28F2N2O3. The summed E-state index contributed by atoms with van der Waals surface area (Å²) >= 11 is 0. The molecule has 27 heavy (non-hydrogen) atoms. The summed E-state index contributed by atoms with van der Waals surface area (Å²) < 4.78 is 33.2. The van der Waals surface area contributed by atoms with Crippen molar-refractivity contribution in [2.75, 3.05) is 6.54 Å². The van der Waals surface area contributed by atoms with Gasteiger partial charge in [0, 0.05) is 25.0 Å². The van der Waals surface area contributed by atoms with Crippen LogP contribution in [0.3, 0.4) is 0 Å². The maximum absolute atomic E-state index is 13.8. The fourth-order valence-corrected chi connectivity index (χ4v) is 4.37. The summed E-state index contributed by atoms with van der Waals surface area (Å²) in [6, 6.07) is 0. The minimum atomic E-state index is -0.981. The first kappa shape index (κ1) is 19.8. The number of carbonyl (C=O) groups is 2. The molecule has 3 rings (SSSR count). The molecule has 7 heteroatoms. The van der Waals surface area contributed by atoms with E-state index in [0.29, 0.717) is 12.8 Å². The number of ether oxygens (including phenoxy) is 1. The van der Waals surface area contributed by atoms with Crippen LogP contribution in [0.1, 0.15) is 59.8 Å². The molecule has 1 N–H and O–H groups in total. The number of halogens is 2. The van der Waals surface area contributed by atoms with Crippen LogP contribution in [-0.2, 0) is 9.53 Å². The Hall–Kier alpha value is -1.92. The number of carbonyl (C=O) groups excluding carboxylic acids is 2. The standard InChI is InChI=1S/C20H28F2N2O3/c1-18(2,3)27-17(26)24-12-19(4,13-9-14(21)11-15(22)10-13)23-16(25)20(24)7-5-6-8-20/h9,11,13H,5-8,10,12H2,1-4H3,(H,23,25)/t13?,19-/m0/s1. The van der Waals surface area contributed by atoms with E-state index in [1.165, 1.54) is 11.0 Å². The number of piperazine rings is 1. The lowest BCUT2D eigenvalue weighted by molar-refractivity contribution is -0.143. The van der Waals surface area contributed by atoms with Gasteiger partial charge in [-0.3, -0.25) is 9.69 Å². The van der Waals surface area contributed by atoms with Crippen LogP contribution in [0.5, 0.6) is 0 Å². The van der Waals surface area contributed by atoms with Crippen molar-refractivity contribution in [1.29, 1.82) is 0 Å². The molecule has 1 saturated heterocycles. The number of nitrogens with zero attached hydrogens (tertiary/aromatic N) is 1. The topological polar surface area (TPSA) is 58.6 Å². The van der Waals surface area contributed by atoms with Gasteiger partial charge in [0.05, 0.1) is 5.54 Å². The number of hydrogen-bond acceptors (Lipinski definition) is 3. The van der Waals surface area contributed by atoms with Crippen molar-refractivity contribution in [3.8, 4) is 0 Å². The number of nitrogens with one attached hydrogen (secondary N) is 1. The summed E-state index contributed by atoms with van der Waals surface area (Å²) in [5.74, 6) is -2.08. The van der Waals surface area contributed by atoms with Crippen LogP contribution in [0.4, 0.5) is 13.6 Å². The van der Waals surface area contributed by atoms with Crippen molar-refractivity contribution >= 4 is 12.0 Å². The number of hydrogen-bond donors (Lipinski definition) is 1. The molecule has 1 heterocycles. The normalized spacial score (nSPS) is 30.7. The third-order valence-electron chi connectivity index (χ3n) is 5.76. The van der Waals surface area contributed by atoms with Crippen molar-refractivity contribution < 1.29 is 23.1 Å².